The predicted octanol–water partition coefficient (Wildman–Crippen LogP) is 2.77. The van der Waals surface area contributed by atoms with Gasteiger partial charge in [0, 0.05) is 31.9 Å². The van der Waals surface area contributed by atoms with Crippen molar-refractivity contribution in [2.45, 2.75) is 6.92 Å². The van der Waals surface area contributed by atoms with Crippen molar-refractivity contribution >= 4 is 22.8 Å². The number of benzene rings is 1. The molecule has 0 bridgehead atoms. The summed E-state index contributed by atoms with van der Waals surface area (Å²) in [6, 6.07) is 1.32. The Balaban J connectivity index is 1.85. The molecular weight excluding hydrogens is 418 g/mol. The zero-order valence-corrected chi connectivity index (χ0v) is 18.1. The summed E-state index contributed by atoms with van der Waals surface area (Å²) in [6.07, 6.45) is 6.56. The maximum absolute atomic E-state index is 15.2. The first-order valence-electron chi connectivity index (χ1n) is 9.86. The molecule has 0 aliphatic rings. The lowest BCUT2D eigenvalue weighted by molar-refractivity contribution is 0.383. The van der Waals surface area contributed by atoms with E-state index in [-0.39, 0.29) is 29.5 Å². The minimum absolute atomic E-state index is 0.0622. The number of ether oxygens (including phenoxy) is 1. The summed E-state index contributed by atoms with van der Waals surface area (Å²) >= 11 is 0. The second kappa shape index (κ2) is 8.79. The number of aromatic nitrogens is 6. The number of anilines is 2. The Morgan fingerprint density at radius 1 is 1.12 bits per heavy atom. The van der Waals surface area contributed by atoms with Crippen LogP contribution in [0.25, 0.3) is 22.4 Å². The lowest BCUT2D eigenvalue weighted by Crippen LogP contribution is -2.30. The summed E-state index contributed by atoms with van der Waals surface area (Å²) in [7, 11) is 4.88. The van der Waals surface area contributed by atoms with Crippen molar-refractivity contribution in [1.82, 2.24) is 35.0 Å². The van der Waals surface area contributed by atoms with E-state index in [4.69, 9.17) is 4.74 Å². The Hall–Kier alpha value is -3.73. The van der Waals surface area contributed by atoms with Gasteiger partial charge in [-0.2, -0.15) is 10.1 Å². The van der Waals surface area contributed by atoms with Gasteiger partial charge in [0.1, 0.15) is 11.2 Å². The third-order valence-electron chi connectivity index (χ3n) is 4.93. The van der Waals surface area contributed by atoms with Gasteiger partial charge in [-0.15, -0.1) is 0 Å². The predicted molar refractivity (Wildman–Crippen MR) is 116 cm³/mol. The van der Waals surface area contributed by atoms with Crippen molar-refractivity contribution < 1.29 is 13.5 Å². The van der Waals surface area contributed by atoms with E-state index in [0.717, 1.165) is 5.56 Å². The number of rotatable bonds is 7. The molecule has 3 aromatic heterocycles. The highest BCUT2D eigenvalue weighted by atomic mass is 19.1. The summed E-state index contributed by atoms with van der Waals surface area (Å²) in [5.41, 5.74) is 2.06. The van der Waals surface area contributed by atoms with Crippen LogP contribution in [0.4, 0.5) is 20.4 Å². The summed E-state index contributed by atoms with van der Waals surface area (Å²) in [6.45, 7) is 2.18. The Bertz CT molecular complexity index is 1280. The molecule has 0 saturated carbocycles. The summed E-state index contributed by atoms with van der Waals surface area (Å²) in [5.74, 6) is -1.51. The Morgan fingerprint density at radius 3 is 2.62 bits per heavy atom. The van der Waals surface area contributed by atoms with Crippen LogP contribution in [0, 0.1) is 18.6 Å². The lowest BCUT2D eigenvalue weighted by atomic mass is 10.1. The van der Waals surface area contributed by atoms with Crippen LogP contribution in [0.5, 0.6) is 5.75 Å². The molecule has 4 rings (SSSR count). The topological polar surface area (TPSA) is 93.9 Å². The zero-order valence-electron chi connectivity index (χ0n) is 18.1. The highest BCUT2D eigenvalue weighted by molar-refractivity contribution is 5.75. The van der Waals surface area contributed by atoms with Crippen LogP contribution in [0.1, 0.15) is 5.56 Å². The zero-order chi connectivity index (χ0) is 22.8. The van der Waals surface area contributed by atoms with E-state index in [2.05, 4.69) is 30.4 Å². The number of methoxy groups -OCH3 is 1. The molecule has 0 aliphatic carbocycles. The minimum Gasteiger partial charge on any atom is -0.494 e. The quantitative estimate of drug-likeness (QED) is 0.469. The number of halogens is 2. The number of hydrogen-bond acceptors (Lipinski definition) is 8. The van der Waals surface area contributed by atoms with E-state index >= 15 is 8.78 Å². The van der Waals surface area contributed by atoms with Gasteiger partial charge >= 0.3 is 0 Å². The number of aryl methyl sites for hydroxylation is 2. The molecule has 0 spiro atoms. The van der Waals surface area contributed by atoms with Crippen molar-refractivity contribution in [2.75, 3.05) is 32.1 Å². The number of nitrogens with one attached hydrogen (secondary N) is 1. The van der Waals surface area contributed by atoms with E-state index < -0.39 is 11.6 Å². The first kappa shape index (κ1) is 21.5. The second-order valence-corrected chi connectivity index (χ2v) is 7.16. The van der Waals surface area contributed by atoms with Crippen LogP contribution in [-0.2, 0) is 7.05 Å². The Morgan fingerprint density at radius 2 is 1.94 bits per heavy atom. The van der Waals surface area contributed by atoms with Crippen molar-refractivity contribution in [3.63, 3.8) is 0 Å². The van der Waals surface area contributed by atoms with Gasteiger partial charge in [-0.3, -0.25) is 4.68 Å². The molecule has 11 heteroatoms. The smallest absolute Gasteiger partial charge is 0.232 e. The van der Waals surface area contributed by atoms with Crippen molar-refractivity contribution in [1.29, 1.82) is 0 Å². The van der Waals surface area contributed by atoms with Crippen LogP contribution >= 0.6 is 0 Å². The molecule has 32 heavy (non-hydrogen) atoms. The van der Waals surface area contributed by atoms with E-state index in [1.54, 1.807) is 44.3 Å². The van der Waals surface area contributed by atoms with E-state index in [0.29, 0.717) is 23.4 Å². The van der Waals surface area contributed by atoms with E-state index in [1.165, 1.54) is 24.3 Å². The van der Waals surface area contributed by atoms with Gasteiger partial charge in [0.25, 0.3) is 0 Å². The van der Waals surface area contributed by atoms with Gasteiger partial charge in [0.05, 0.1) is 31.4 Å². The van der Waals surface area contributed by atoms with Gasteiger partial charge in [0.15, 0.2) is 23.0 Å². The highest BCUT2D eigenvalue weighted by Gasteiger charge is 2.25. The first-order valence-corrected chi connectivity index (χ1v) is 9.86. The van der Waals surface area contributed by atoms with Gasteiger partial charge in [-0.05, 0) is 25.6 Å². The van der Waals surface area contributed by atoms with Gasteiger partial charge in [-0.1, -0.05) is 0 Å². The molecule has 0 atom stereocenters. The van der Waals surface area contributed by atoms with E-state index in [1.807, 2.05) is 0 Å². The van der Waals surface area contributed by atoms with Crippen molar-refractivity contribution in [3.8, 4) is 17.0 Å². The third kappa shape index (κ3) is 3.94. The summed E-state index contributed by atoms with van der Waals surface area (Å²) < 4.78 is 37.0. The molecule has 3 heterocycles. The number of likely N-dealkylation sites (N-methyl/N-ethyl adjacent to an activating group) is 1. The maximum atomic E-state index is 15.2. The minimum atomic E-state index is -0.828. The third-order valence-corrected chi connectivity index (χ3v) is 4.93. The fourth-order valence-electron chi connectivity index (χ4n) is 3.27. The SMILES string of the molecule is CNCCN(c1ncc2ncc(-c3cnn(C)c3)nc2n1)c1c(F)c(C)cc(OC)c1F. The molecule has 0 aliphatic heterocycles. The van der Waals surface area contributed by atoms with Crippen LogP contribution in [0.2, 0.25) is 0 Å². The second-order valence-electron chi connectivity index (χ2n) is 7.16. The standard InChI is InChI=1S/C21H22F2N8O/c1-12-7-16(32-4)18(23)19(17(12)22)31(6-5-24-2)21-26-10-15-20(29-21)28-14(9-25-15)13-8-27-30(3)11-13/h7-11,24H,5-6H2,1-4H3. The van der Waals surface area contributed by atoms with Gasteiger partial charge < -0.3 is 15.0 Å². The average Bonchev–Trinajstić information content (AvgIpc) is 3.24. The molecule has 0 radical (unpaired) electrons. The molecule has 0 fully saturated rings. The summed E-state index contributed by atoms with van der Waals surface area (Å²) in [4.78, 5) is 19.1. The maximum Gasteiger partial charge on any atom is 0.232 e. The molecule has 166 valence electrons. The normalized spacial score (nSPS) is 11.2. The number of fused-ring (bicyclic) bond motifs is 1. The fourth-order valence-corrected chi connectivity index (χ4v) is 3.27. The fraction of sp³-hybridized carbons (Fsp3) is 0.286. The molecule has 0 amide bonds. The van der Waals surface area contributed by atoms with Crippen LogP contribution in [0.3, 0.4) is 0 Å². The first-order chi connectivity index (χ1) is 15.4. The monoisotopic (exact) mass is 440 g/mol. The van der Waals surface area contributed by atoms with Crippen molar-refractivity contribution in [3.05, 3.63) is 48.1 Å². The van der Waals surface area contributed by atoms with Crippen molar-refractivity contribution in [2.24, 2.45) is 7.05 Å². The Labute approximate surface area is 183 Å². The molecule has 4 aromatic rings. The average molecular weight is 440 g/mol. The van der Waals surface area contributed by atoms with Gasteiger partial charge in [0.2, 0.25) is 5.95 Å². The largest absolute Gasteiger partial charge is 0.494 e. The molecular formula is C21H22F2N8O. The molecule has 1 N–H and O–H groups in total. The van der Waals surface area contributed by atoms with Crippen LogP contribution < -0.4 is 15.0 Å². The van der Waals surface area contributed by atoms with E-state index in [9.17, 15) is 0 Å². The number of nitrogens with zero attached hydrogens (tertiary/aromatic N) is 7. The molecule has 1 aromatic carbocycles. The van der Waals surface area contributed by atoms with Crippen LogP contribution in [0.15, 0.2) is 30.9 Å². The Kier molecular flexibility index (Phi) is 5.91. The molecule has 0 unspecified atom stereocenters. The molecule has 0 saturated heterocycles. The van der Waals surface area contributed by atoms with Crippen LogP contribution in [-0.4, -0.2) is 57.0 Å². The summed E-state index contributed by atoms with van der Waals surface area (Å²) in [5, 5.41) is 7.12. The lowest BCUT2D eigenvalue weighted by Gasteiger charge is -2.25. The molecule has 9 nitrogen and oxygen atoms in total. The van der Waals surface area contributed by atoms with Gasteiger partial charge in [-0.25, -0.2) is 23.7 Å². The highest BCUT2D eigenvalue weighted by Crippen LogP contribution is 2.35. The number of hydrogen-bond donors (Lipinski definition) is 1.